The summed E-state index contributed by atoms with van der Waals surface area (Å²) in [6.45, 7) is 6.50. The van der Waals surface area contributed by atoms with Crippen LogP contribution < -0.4 is 5.73 Å². The summed E-state index contributed by atoms with van der Waals surface area (Å²) in [6.07, 6.45) is 3.35. The Bertz CT molecular complexity index is 435. The van der Waals surface area contributed by atoms with E-state index in [0.717, 1.165) is 24.3 Å². The maximum Gasteiger partial charge on any atom is 0.123 e. The topological polar surface area (TPSA) is 35.2 Å². The third-order valence-corrected chi connectivity index (χ3v) is 4.54. The largest absolute Gasteiger partial charge is 0.369 e. The van der Waals surface area contributed by atoms with E-state index in [1.165, 1.54) is 18.6 Å². The predicted octanol–water partition coefficient (Wildman–Crippen LogP) is 4.06. The molecule has 0 heterocycles. The highest BCUT2D eigenvalue weighted by atomic mass is 19.1. The predicted molar refractivity (Wildman–Crippen MR) is 79.8 cm³/mol. The van der Waals surface area contributed by atoms with Crippen molar-refractivity contribution in [3.05, 3.63) is 35.6 Å². The number of hydrogen-bond donors (Lipinski definition) is 1. The molecule has 1 fully saturated rings. The number of benzene rings is 1. The van der Waals surface area contributed by atoms with E-state index in [1.54, 1.807) is 6.07 Å². The smallest absolute Gasteiger partial charge is 0.123 e. The Labute approximate surface area is 121 Å². The minimum atomic E-state index is -0.234. The Morgan fingerprint density at radius 2 is 2.00 bits per heavy atom. The first-order valence-electron chi connectivity index (χ1n) is 7.64. The van der Waals surface area contributed by atoms with Gasteiger partial charge >= 0.3 is 0 Å². The van der Waals surface area contributed by atoms with Gasteiger partial charge in [0.05, 0.1) is 12.2 Å². The Morgan fingerprint density at radius 1 is 1.25 bits per heavy atom. The Hall–Kier alpha value is -0.930. The molecule has 1 aliphatic rings. The first-order chi connectivity index (χ1) is 9.47. The lowest BCUT2D eigenvalue weighted by Crippen LogP contribution is -2.34. The molecule has 3 heteroatoms. The van der Waals surface area contributed by atoms with Gasteiger partial charge in [-0.25, -0.2) is 4.39 Å². The zero-order chi connectivity index (χ0) is 14.7. The molecule has 0 aliphatic heterocycles. The maximum atomic E-state index is 13.4. The normalized spacial score (nSPS) is 29.9. The van der Waals surface area contributed by atoms with Crippen molar-refractivity contribution in [1.82, 2.24) is 0 Å². The van der Waals surface area contributed by atoms with Gasteiger partial charge in [0, 0.05) is 6.04 Å². The fraction of sp³-hybridized carbons (Fsp3) is 0.647. The van der Waals surface area contributed by atoms with Gasteiger partial charge in [0.25, 0.3) is 0 Å². The van der Waals surface area contributed by atoms with Crippen molar-refractivity contribution in [2.24, 2.45) is 17.6 Å². The third kappa shape index (κ3) is 3.80. The summed E-state index contributed by atoms with van der Waals surface area (Å²) in [5, 5.41) is 0. The molecule has 1 saturated carbocycles. The van der Waals surface area contributed by atoms with Crippen LogP contribution in [0.1, 0.15) is 51.7 Å². The highest BCUT2D eigenvalue weighted by Crippen LogP contribution is 2.34. The standard InChI is InChI=1S/C17H26FNO/c1-11-7-8-16(9-12(11)2)20-17(13(3)19)14-5-4-6-15(18)10-14/h4-6,10-13,16-17H,7-9,19H2,1-3H3. The van der Waals surface area contributed by atoms with Gasteiger partial charge in [0.2, 0.25) is 0 Å². The maximum absolute atomic E-state index is 13.4. The quantitative estimate of drug-likeness (QED) is 0.902. The van der Waals surface area contributed by atoms with E-state index >= 15 is 0 Å². The molecule has 5 unspecified atom stereocenters. The van der Waals surface area contributed by atoms with Crippen LogP contribution in [0.3, 0.4) is 0 Å². The van der Waals surface area contributed by atoms with Crippen molar-refractivity contribution in [2.45, 2.75) is 58.3 Å². The molecule has 112 valence electrons. The van der Waals surface area contributed by atoms with E-state index in [0.29, 0.717) is 5.92 Å². The summed E-state index contributed by atoms with van der Waals surface area (Å²) in [5.74, 6) is 1.20. The number of nitrogens with two attached hydrogens (primary N) is 1. The van der Waals surface area contributed by atoms with Gasteiger partial charge in [-0.2, -0.15) is 0 Å². The highest BCUT2D eigenvalue weighted by Gasteiger charge is 2.29. The monoisotopic (exact) mass is 279 g/mol. The van der Waals surface area contributed by atoms with Crippen LogP contribution in [0.2, 0.25) is 0 Å². The molecule has 0 spiro atoms. The summed E-state index contributed by atoms with van der Waals surface area (Å²) in [6, 6.07) is 6.45. The SMILES string of the molecule is CC(N)C(OC1CCC(C)C(C)C1)c1cccc(F)c1. The molecule has 0 aromatic heterocycles. The summed E-state index contributed by atoms with van der Waals surface area (Å²) in [4.78, 5) is 0. The molecule has 1 aliphatic carbocycles. The fourth-order valence-electron chi connectivity index (χ4n) is 3.02. The molecule has 2 rings (SSSR count). The van der Waals surface area contributed by atoms with Gasteiger partial charge < -0.3 is 10.5 Å². The molecule has 20 heavy (non-hydrogen) atoms. The molecular formula is C17H26FNO. The molecule has 0 amide bonds. The Morgan fingerprint density at radius 3 is 2.60 bits per heavy atom. The molecule has 1 aromatic rings. The van der Waals surface area contributed by atoms with Crippen LogP contribution in [-0.4, -0.2) is 12.1 Å². The minimum absolute atomic E-state index is 0.147. The summed E-state index contributed by atoms with van der Waals surface area (Å²) in [7, 11) is 0. The fourth-order valence-corrected chi connectivity index (χ4v) is 3.02. The van der Waals surface area contributed by atoms with Gasteiger partial charge in [-0.3, -0.25) is 0 Å². The molecule has 0 saturated heterocycles. The third-order valence-electron chi connectivity index (χ3n) is 4.54. The number of hydrogen-bond acceptors (Lipinski definition) is 2. The van der Waals surface area contributed by atoms with Crippen LogP contribution in [0.4, 0.5) is 4.39 Å². The van der Waals surface area contributed by atoms with Gasteiger partial charge in [0.1, 0.15) is 5.82 Å². The molecular weight excluding hydrogens is 253 g/mol. The second-order valence-electron chi connectivity index (χ2n) is 6.36. The lowest BCUT2D eigenvalue weighted by atomic mass is 9.80. The molecule has 0 bridgehead atoms. The second-order valence-corrected chi connectivity index (χ2v) is 6.36. The van der Waals surface area contributed by atoms with Crippen LogP contribution in [0.5, 0.6) is 0 Å². The molecule has 0 radical (unpaired) electrons. The Balaban J connectivity index is 2.07. The minimum Gasteiger partial charge on any atom is -0.369 e. The van der Waals surface area contributed by atoms with E-state index in [2.05, 4.69) is 13.8 Å². The van der Waals surface area contributed by atoms with E-state index < -0.39 is 0 Å². The molecule has 2 N–H and O–H groups in total. The summed E-state index contributed by atoms with van der Waals surface area (Å²) >= 11 is 0. The van der Waals surface area contributed by atoms with Crippen molar-refractivity contribution in [1.29, 1.82) is 0 Å². The van der Waals surface area contributed by atoms with E-state index in [4.69, 9.17) is 10.5 Å². The number of rotatable bonds is 4. The van der Waals surface area contributed by atoms with E-state index in [9.17, 15) is 4.39 Å². The van der Waals surface area contributed by atoms with Crippen molar-refractivity contribution in [3.8, 4) is 0 Å². The average Bonchev–Trinajstić information content (AvgIpc) is 2.39. The summed E-state index contributed by atoms with van der Waals surface area (Å²) in [5.41, 5.74) is 6.89. The van der Waals surface area contributed by atoms with Crippen molar-refractivity contribution >= 4 is 0 Å². The zero-order valence-corrected chi connectivity index (χ0v) is 12.7. The van der Waals surface area contributed by atoms with Crippen LogP contribution >= 0.6 is 0 Å². The van der Waals surface area contributed by atoms with E-state index in [1.807, 2.05) is 13.0 Å². The van der Waals surface area contributed by atoms with Crippen molar-refractivity contribution < 1.29 is 9.13 Å². The highest BCUT2D eigenvalue weighted by molar-refractivity contribution is 5.20. The van der Waals surface area contributed by atoms with Crippen LogP contribution in [0.15, 0.2) is 24.3 Å². The number of ether oxygens (including phenoxy) is 1. The first kappa shape index (κ1) is 15.5. The van der Waals surface area contributed by atoms with Crippen LogP contribution in [0.25, 0.3) is 0 Å². The van der Waals surface area contributed by atoms with Crippen LogP contribution in [0, 0.1) is 17.7 Å². The first-order valence-corrected chi connectivity index (χ1v) is 7.64. The van der Waals surface area contributed by atoms with Gasteiger partial charge in [-0.1, -0.05) is 26.0 Å². The van der Waals surface area contributed by atoms with Crippen molar-refractivity contribution in [3.63, 3.8) is 0 Å². The van der Waals surface area contributed by atoms with Gasteiger partial charge in [-0.15, -0.1) is 0 Å². The lowest BCUT2D eigenvalue weighted by Gasteiger charge is -2.35. The number of halogens is 1. The van der Waals surface area contributed by atoms with Crippen molar-refractivity contribution in [2.75, 3.05) is 0 Å². The van der Waals surface area contributed by atoms with Gasteiger partial charge in [0.15, 0.2) is 0 Å². The van der Waals surface area contributed by atoms with Crippen LogP contribution in [-0.2, 0) is 4.74 Å². The Kier molecular flexibility index (Phi) is 5.17. The summed E-state index contributed by atoms with van der Waals surface area (Å²) < 4.78 is 19.6. The average molecular weight is 279 g/mol. The molecule has 2 nitrogen and oxygen atoms in total. The zero-order valence-electron chi connectivity index (χ0n) is 12.7. The van der Waals surface area contributed by atoms with E-state index in [-0.39, 0.29) is 24.1 Å². The van der Waals surface area contributed by atoms with Gasteiger partial charge in [-0.05, 0) is 55.7 Å². The lowest BCUT2D eigenvalue weighted by molar-refractivity contribution is -0.0569. The second kappa shape index (κ2) is 6.68. The molecule has 5 atom stereocenters. The molecule has 1 aromatic carbocycles.